The maximum atomic E-state index is 12.6. The lowest BCUT2D eigenvalue weighted by Gasteiger charge is -2.20. The number of imide groups is 1. The molecule has 3 amide bonds. The van der Waals surface area contributed by atoms with E-state index in [0.29, 0.717) is 23.0 Å². The molecule has 0 radical (unpaired) electrons. The van der Waals surface area contributed by atoms with E-state index >= 15 is 0 Å². The first kappa shape index (κ1) is 18.4. The molecular weight excluding hydrogens is 352 g/mol. The van der Waals surface area contributed by atoms with Gasteiger partial charge in [0.1, 0.15) is 0 Å². The minimum Gasteiger partial charge on any atom is -0.349 e. The molecule has 1 saturated carbocycles. The van der Waals surface area contributed by atoms with Crippen molar-refractivity contribution >= 4 is 17.7 Å². The number of nitrogens with one attached hydrogen (secondary N) is 1. The Kier molecular flexibility index (Phi) is 4.75. The number of aryl methyl sites for hydroxylation is 1. The van der Waals surface area contributed by atoms with Gasteiger partial charge in [0.25, 0.3) is 11.8 Å². The second kappa shape index (κ2) is 7.23. The Morgan fingerprint density at radius 3 is 2.46 bits per heavy atom. The van der Waals surface area contributed by atoms with Gasteiger partial charge in [0.15, 0.2) is 0 Å². The Morgan fingerprint density at radius 2 is 1.79 bits per heavy atom. The van der Waals surface area contributed by atoms with E-state index in [4.69, 9.17) is 0 Å². The lowest BCUT2D eigenvalue weighted by molar-refractivity contribution is -0.122. The van der Waals surface area contributed by atoms with Crippen LogP contribution in [0.5, 0.6) is 0 Å². The van der Waals surface area contributed by atoms with Crippen molar-refractivity contribution < 1.29 is 14.4 Å². The summed E-state index contributed by atoms with van der Waals surface area (Å²) >= 11 is 0. The van der Waals surface area contributed by atoms with Crippen LogP contribution in [0, 0.1) is 18.8 Å². The summed E-state index contributed by atoms with van der Waals surface area (Å²) in [6.07, 6.45) is 1.20. The van der Waals surface area contributed by atoms with Crippen LogP contribution in [-0.4, -0.2) is 29.2 Å². The van der Waals surface area contributed by atoms with Crippen LogP contribution >= 0.6 is 0 Å². The molecule has 2 aliphatic rings. The molecule has 1 aliphatic heterocycles. The van der Waals surface area contributed by atoms with Gasteiger partial charge in [-0.05, 0) is 42.9 Å². The van der Waals surface area contributed by atoms with Crippen LogP contribution in [-0.2, 0) is 4.79 Å². The third-order valence-electron chi connectivity index (χ3n) is 5.76. The van der Waals surface area contributed by atoms with Crippen LogP contribution in [0.25, 0.3) is 0 Å². The third-order valence-corrected chi connectivity index (χ3v) is 5.76. The lowest BCUT2D eigenvalue weighted by Crippen LogP contribution is -2.36. The smallest absolute Gasteiger partial charge is 0.261 e. The average Bonchev–Trinajstić information content (AvgIpc) is 3.37. The molecule has 0 saturated heterocycles. The quantitative estimate of drug-likeness (QED) is 0.785. The molecule has 1 fully saturated rings. The number of rotatable bonds is 6. The van der Waals surface area contributed by atoms with Crippen molar-refractivity contribution in [3.63, 3.8) is 0 Å². The van der Waals surface area contributed by atoms with Gasteiger partial charge >= 0.3 is 0 Å². The number of nitrogens with zero attached hydrogens (tertiary/aromatic N) is 1. The Hall–Kier alpha value is -2.95. The van der Waals surface area contributed by atoms with Crippen molar-refractivity contribution in [2.24, 2.45) is 11.8 Å². The Labute approximate surface area is 164 Å². The molecule has 0 spiro atoms. The number of carbonyl (C=O) groups is 3. The Morgan fingerprint density at radius 1 is 1.11 bits per heavy atom. The molecule has 2 aromatic carbocycles. The second-order valence-corrected chi connectivity index (χ2v) is 7.89. The zero-order valence-electron chi connectivity index (χ0n) is 16.1. The fourth-order valence-corrected chi connectivity index (χ4v) is 3.98. The van der Waals surface area contributed by atoms with E-state index in [1.54, 1.807) is 12.1 Å². The summed E-state index contributed by atoms with van der Waals surface area (Å²) in [6.45, 7) is 4.17. The number of fused-ring (bicyclic) bond motifs is 1. The van der Waals surface area contributed by atoms with Gasteiger partial charge in [-0.25, -0.2) is 0 Å². The molecule has 5 heteroatoms. The molecule has 28 heavy (non-hydrogen) atoms. The highest BCUT2D eigenvalue weighted by atomic mass is 16.2. The van der Waals surface area contributed by atoms with Gasteiger partial charge in [0.2, 0.25) is 5.91 Å². The number of hydrogen-bond donors (Lipinski definition) is 1. The molecule has 1 N–H and O–H groups in total. The Bertz CT molecular complexity index is 938. The number of benzene rings is 2. The van der Waals surface area contributed by atoms with Gasteiger partial charge in [-0.1, -0.05) is 48.9 Å². The lowest BCUT2D eigenvalue weighted by atomic mass is 10.0. The summed E-state index contributed by atoms with van der Waals surface area (Å²) in [5.74, 6) is 0.259. The maximum absolute atomic E-state index is 12.6. The van der Waals surface area contributed by atoms with Crippen molar-refractivity contribution in [3.05, 3.63) is 70.8 Å². The molecular formula is C23H24N2O3. The van der Waals surface area contributed by atoms with E-state index in [0.717, 1.165) is 17.5 Å². The van der Waals surface area contributed by atoms with E-state index < -0.39 is 0 Å². The van der Waals surface area contributed by atoms with Crippen LogP contribution < -0.4 is 5.32 Å². The van der Waals surface area contributed by atoms with Crippen LogP contribution in [0.4, 0.5) is 0 Å². The van der Waals surface area contributed by atoms with Crippen molar-refractivity contribution in [3.8, 4) is 0 Å². The van der Waals surface area contributed by atoms with E-state index in [-0.39, 0.29) is 36.7 Å². The minimum atomic E-state index is -0.316. The summed E-state index contributed by atoms with van der Waals surface area (Å²) in [5.41, 5.74) is 2.88. The van der Waals surface area contributed by atoms with Gasteiger partial charge < -0.3 is 5.32 Å². The summed E-state index contributed by atoms with van der Waals surface area (Å²) in [7, 11) is 0. The fraction of sp³-hybridized carbons (Fsp3) is 0.348. The van der Waals surface area contributed by atoms with E-state index in [2.05, 4.69) is 12.2 Å². The first-order valence-corrected chi connectivity index (χ1v) is 9.77. The van der Waals surface area contributed by atoms with Crippen molar-refractivity contribution in [2.45, 2.75) is 32.7 Å². The molecule has 1 aliphatic carbocycles. The van der Waals surface area contributed by atoms with E-state index in [1.165, 1.54) is 4.90 Å². The largest absolute Gasteiger partial charge is 0.349 e. The first-order chi connectivity index (χ1) is 13.5. The molecule has 144 valence electrons. The fourth-order valence-electron chi connectivity index (χ4n) is 3.98. The number of carbonyl (C=O) groups excluding carboxylic acids is 3. The van der Waals surface area contributed by atoms with Gasteiger partial charge in [-0.15, -0.1) is 0 Å². The van der Waals surface area contributed by atoms with Gasteiger partial charge in [-0.3, -0.25) is 19.3 Å². The minimum absolute atomic E-state index is 0.0199. The number of amides is 3. The average molecular weight is 376 g/mol. The molecule has 0 bridgehead atoms. The summed E-state index contributed by atoms with van der Waals surface area (Å²) in [5, 5.41) is 3.12. The first-order valence-electron chi connectivity index (χ1n) is 9.77. The molecule has 3 atom stereocenters. The van der Waals surface area contributed by atoms with Crippen LogP contribution in [0.3, 0.4) is 0 Å². The molecule has 5 nitrogen and oxygen atoms in total. The van der Waals surface area contributed by atoms with Gasteiger partial charge in [-0.2, -0.15) is 0 Å². The normalized spacial score (nSPS) is 21.4. The number of hydrogen-bond acceptors (Lipinski definition) is 3. The monoisotopic (exact) mass is 376 g/mol. The van der Waals surface area contributed by atoms with E-state index in [9.17, 15) is 14.4 Å². The van der Waals surface area contributed by atoms with Crippen molar-refractivity contribution in [2.75, 3.05) is 6.54 Å². The molecule has 2 aromatic rings. The predicted octanol–water partition coefficient (Wildman–Crippen LogP) is 3.49. The maximum Gasteiger partial charge on any atom is 0.261 e. The van der Waals surface area contributed by atoms with Crippen molar-refractivity contribution in [1.29, 1.82) is 0 Å². The second-order valence-electron chi connectivity index (χ2n) is 7.89. The predicted molar refractivity (Wildman–Crippen MR) is 106 cm³/mol. The summed E-state index contributed by atoms with van der Waals surface area (Å²) in [6, 6.07) is 15.2. The molecule has 0 aromatic heterocycles. The Balaban J connectivity index is 1.40. The van der Waals surface area contributed by atoms with Crippen molar-refractivity contribution in [1.82, 2.24) is 10.2 Å². The molecule has 4 rings (SSSR count). The topological polar surface area (TPSA) is 66.5 Å². The third kappa shape index (κ3) is 3.44. The highest BCUT2D eigenvalue weighted by Gasteiger charge is 2.41. The van der Waals surface area contributed by atoms with Crippen LogP contribution in [0.1, 0.15) is 57.7 Å². The zero-order chi connectivity index (χ0) is 19.8. The van der Waals surface area contributed by atoms with Gasteiger partial charge in [0.05, 0.1) is 17.2 Å². The van der Waals surface area contributed by atoms with Gasteiger partial charge in [0, 0.05) is 13.0 Å². The standard InChI is InChI=1S/C23H24N2O3/c1-14-8-9-17-19(12-14)23(28)25(22(17)27)11-10-20(26)24-21(18-13-15(18)2)16-6-4-3-5-7-16/h3-9,12,15,18,21H,10-11,13H2,1-2H3,(H,24,26). The molecule has 3 unspecified atom stereocenters. The highest BCUT2D eigenvalue weighted by molar-refractivity contribution is 6.21. The van der Waals surface area contributed by atoms with Crippen LogP contribution in [0.2, 0.25) is 0 Å². The zero-order valence-corrected chi connectivity index (χ0v) is 16.1. The SMILES string of the molecule is Cc1ccc2c(c1)C(=O)N(CCC(=O)NC(c1ccccc1)C1CC1C)C2=O. The van der Waals surface area contributed by atoms with Crippen LogP contribution in [0.15, 0.2) is 48.5 Å². The molecule has 1 heterocycles. The summed E-state index contributed by atoms with van der Waals surface area (Å²) < 4.78 is 0. The summed E-state index contributed by atoms with van der Waals surface area (Å²) in [4.78, 5) is 38.8. The van der Waals surface area contributed by atoms with E-state index in [1.807, 2.05) is 43.3 Å². The highest BCUT2D eigenvalue weighted by Crippen LogP contribution is 2.46.